The highest BCUT2D eigenvalue weighted by Crippen LogP contribution is 2.28. The maximum Gasteiger partial charge on any atom is 0.244 e. The van der Waals surface area contributed by atoms with E-state index in [0.29, 0.717) is 36.6 Å². The zero-order valence-corrected chi connectivity index (χ0v) is 20.2. The van der Waals surface area contributed by atoms with Gasteiger partial charge in [0.2, 0.25) is 11.8 Å². The van der Waals surface area contributed by atoms with Gasteiger partial charge in [0.1, 0.15) is 18.7 Å². The van der Waals surface area contributed by atoms with Gasteiger partial charge in [-0.15, -0.1) is 0 Å². The third-order valence-corrected chi connectivity index (χ3v) is 6.33. The summed E-state index contributed by atoms with van der Waals surface area (Å²) in [5, 5.41) is 4.74. The van der Waals surface area contributed by atoms with E-state index in [4.69, 9.17) is 9.84 Å². The molecule has 0 radical (unpaired) electrons. The number of aryl methyl sites for hydroxylation is 1. The van der Waals surface area contributed by atoms with Crippen molar-refractivity contribution >= 4 is 11.5 Å². The fourth-order valence-electron chi connectivity index (χ4n) is 4.31. The molecule has 0 aliphatic carbocycles. The molecule has 0 unspecified atom stereocenters. The molecule has 0 N–H and O–H groups in total. The Morgan fingerprint density at radius 3 is 2.58 bits per heavy atom. The van der Waals surface area contributed by atoms with E-state index >= 15 is 0 Å². The smallest absolute Gasteiger partial charge is 0.244 e. The summed E-state index contributed by atoms with van der Waals surface area (Å²) in [6.07, 6.45) is 4.20. The minimum Gasteiger partial charge on any atom is -0.481 e. The summed E-state index contributed by atoms with van der Waals surface area (Å²) in [6.45, 7) is 2.91. The first-order valence-corrected chi connectivity index (χ1v) is 11.7. The van der Waals surface area contributed by atoms with Crippen LogP contribution in [0.2, 0.25) is 0 Å². The number of carbonyl (C=O) groups excluding carboxylic acids is 1. The summed E-state index contributed by atoms with van der Waals surface area (Å²) < 4.78 is 20.8. The number of nitrogens with zero attached hydrogens (tertiary/aromatic N) is 5. The average molecular weight is 484 g/mol. The van der Waals surface area contributed by atoms with Crippen LogP contribution in [-0.2, 0) is 11.3 Å². The molecule has 7 nitrogen and oxygen atoms in total. The second-order valence-corrected chi connectivity index (χ2v) is 8.67. The van der Waals surface area contributed by atoms with Crippen molar-refractivity contribution < 1.29 is 13.9 Å². The molecule has 0 bridgehead atoms. The normalized spacial score (nSPS) is 13.4. The first-order chi connectivity index (χ1) is 17.5. The number of benzene rings is 2. The van der Waals surface area contributed by atoms with Crippen molar-refractivity contribution in [3.63, 3.8) is 0 Å². The molecule has 36 heavy (non-hydrogen) atoms. The summed E-state index contributed by atoms with van der Waals surface area (Å²) in [4.78, 5) is 23.5. The van der Waals surface area contributed by atoms with Gasteiger partial charge in [0.05, 0.1) is 24.2 Å². The Kier molecular flexibility index (Phi) is 6.58. The van der Waals surface area contributed by atoms with Crippen molar-refractivity contribution in [1.29, 1.82) is 0 Å². The second kappa shape index (κ2) is 10.1. The minimum atomic E-state index is -0.255. The molecule has 1 amide bonds. The molecule has 182 valence electrons. The molecule has 4 aromatic rings. The summed E-state index contributed by atoms with van der Waals surface area (Å²) in [5.74, 6) is 0.237. The number of rotatable bonds is 6. The van der Waals surface area contributed by atoms with Crippen molar-refractivity contribution in [2.24, 2.45) is 0 Å². The molecule has 3 heterocycles. The van der Waals surface area contributed by atoms with Gasteiger partial charge in [-0.05, 0) is 54.3 Å². The van der Waals surface area contributed by atoms with Crippen LogP contribution in [0.1, 0.15) is 17.7 Å². The Hall–Kier alpha value is -4.33. The number of ether oxygens (including phenoxy) is 1. The van der Waals surface area contributed by atoms with Crippen molar-refractivity contribution in [2.75, 3.05) is 20.2 Å². The number of halogens is 1. The quantitative estimate of drug-likeness (QED) is 0.395. The molecule has 1 aliphatic heterocycles. The fourth-order valence-corrected chi connectivity index (χ4v) is 4.31. The van der Waals surface area contributed by atoms with E-state index in [-0.39, 0.29) is 18.3 Å². The number of aromatic nitrogens is 4. The number of hydrogen-bond acceptors (Lipinski definition) is 5. The van der Waals surface area contributed by atoms with Crippen molar-refractivity contribution in [3.8, 4) is 28.4 Å². The lowest BCUT2D eigenvalue weighted by Gasteiger charge is -2.26. The van der Waals surface area contributed by atoms with E-state index < -0.39 is 0 Å². The zero-order chi connectivity index (χ0) is 25.1. The highest BCUT2D eigenvalue weighted by atomic mass is 19.1. The predicted molar refractivity (Wildman–Crippen MR) is 136 cm³/mol. The Bertz CT molecular complexity index is 1430. The van der Waals surface area contributed by atoms with Crippen molar-refractivity contribution in [3.05, 3.63) is 90.1 Å². The van der Waals surface area contributed by atoms with Gasteiger partial charge in [-0.3, -0.25) is 9.48 Å². The third kappa shape index (κ3) is 4.88. The van der Waals surface area contributed by atoms with E-state index in [1.165, 1.54) is 12.4 Å². The van der Waals surface area contributed by atoms with E-state index in [0.717, 1.165) is 28.1 Å². The molecule has 0 atom stereocenters. The van der Waals surface area contributed by atoms with E-state index in [1.54, 1.807) is 36.9 Å². The maximum absolute atomic E-state index is 13.8. The molecular formula is C28H26FN5O2. The van der Waals surface area contributed by atoms with Crippen LogP contribution in [-0.4, -0.2) is 50.8 Å². The lowest BCUT2D eigenvalue weighted by molar-refractivity contribution is -0.131. The Morgan fingerprint density at radius 2 is 1.86 bits per heavy atom. The number of methoxy groups -OCH3 is 1. The highest BCUT2D eigenvalue weighted by Gasteiger charge is 2.21. The van der Waals surface area contributed by atoms with Crippen LogP contribution in [0.15, 0.2) is 73.1 Å². The van der Waals surface area contributed by atoms with Crippen molar-refractivity contribution in [1.82, 2.24) is 24.6 Å². The summed E-state index contributed by atoms with van der Waals surface area (Å²) in [5.41, 5.74) is 5.73. The summed E-state index contributed by atoms with van der Waals surface area (Å²) in [6, 6.07) is 18.5. The fraction of sp³-hybridized carbons (Fsp3) is 0.214. The van der Waals surface area contributed by atoms with E-state index in [1.807, 2.05) is 47.4 Å². The third-order valence-electron chi connectivity index (χ3n) is 6.33. The second-order valence-electron chi connectivity index (χ2n) is 8.67. The van der Waals surface area contributed by atoms with Crippen LogP contribution >= 0.6 is 0 Å². The van der Waals surface area contributed by atoms with E-state index in [2.05, 4.69) is 9.97 Å². The molecule has 2 aromatic carbocycles. The molecule has 0 fully saturated rings. The maximum atomic E-state index is 13.8. The largest absolute Gasteiger partial charge is 0.481 e. The Balaban J connectivity index is 1.38. The van der Waals surface area contributed by atoms with Crippen LogP contribution in [0, 0.1) is 12.7 Å². The lowest BCUT2D eigenvalue weighted by Crippen LogP contribution is -2.37. The molecule has 0 spiro atoms. The van der Waals surface area contributed by atoms with Crippen LogP contribution < -0.4 is 4.74 Å². The molecule has 8 heteroatoms. The van der Waals surface area contributed by atoms with Crippen LogP contribution in [0.5, 0.6) is 5.88 Å². The first-order valence-electron chi connectivity index (χ1n) is 11.7. The molecule has 5 rings (SSSR count). The predicted octanol–water partition coefficient (Wildman–Crippen LogP) is 4.78. The van der Waals surface area contributed by atoms with Gasteiger partial charge >= 0.3 is 0 Å². The molecule has 0 saturated carbocycles. The van der Waals surface area contributed by atoms with Gasteiger partial charge < -0.3 is 9.64 Å². The van der Waals surface area contributed by atoms with Gasteiger partial charge in [0.25, 0.3) is 0 Å². The molecule has 1 aliphatic rings. The Morgan fingerprint density at radius 1 is 1.03 bits per heavy atom. The molecule has 2 aromatic heterocycles. The zero-order valence-electron chi connectivity index (χ0n) is 20.2. The average Bonchev–Trinajstić information content (AvgIpc) is 3.34. The van der Waals surface area contributed by atoms with Gasteiger partial charge in [0.15, 0.2) is 0 Å². The van der Waals surface area contributed by atoms with Gasteiger partial charge in [0, 0.05) is 24.7 Å². The molecule has 0 saturated heterocycles. The van der Waals surface area contributed by atoms with Crippen LogP contribution in [0.25, 0.3) is 28.1 Å². The number of amides is 1. The highest BCUT2D eigenvalue weighted by molar-refractivity contribution is 5.79. The van der Waals surface area contributed by atoms with Gasteiger partial charge in [-0.2, -0.15) is 5.10 Å². The topological polar surface area (TPSA) is 73.1 Å². The van der Waals surface area contributed by atoms with Gasteiger partial charge in [-0.1, -0.05) is 36.4 Å². The summed E-state index contributed by atoms with van der Waals surface area (Å²) >= 11 is 0. The van der Waals surface area contributed by atoms with Gasteiger partial charge in [-0.25, -0.2) is 14.4 Å². The monoisotopic (exact) mass is 483 g/mol. The van der Waals surface area contributed by atoms with E-state index in [9.17, 15) is 9.18 Å². The standard InChI is InChI=1S/C28H26FN5O2/c1-19-14-22(8-9-23(19)29)25-15-26(21-6-4-3-5-7-21)34(32-25)17-28(35)33-12-10-20(11-13-33)24-16-27(36-2)31-18-30-24/h3-10,14-16,18H,11-13,17H2,1-2H3. The molecular weight excluding hydrogens is 457 g/mol. The van der Waals surface area contributed by atoms with Crippen LogP contribution in [0.3, 0.4) is 0 Å². The lowest BCUT2D eigenvalue weighted by atomic mass is 10.0. The SMILES string of the molecule is COc1cc(C2=CCN(C(=O)Cn3nc(-c4ccc(F)c(C)c4)cc3-c3ccccc3)CC2)ncn1. The van der Waals surface area contributed by atoms with Crippen molar-refractivity contribution in [2.45, 2.75) is 19.9 Å². The minimum absolute atomic E-state index is 0.0207. The van der Waals surface area contributed by atoms with Crippen LogP contribution in [0.4, 0.5) is 4.39 Å². The number of hydrogen-bond donors (Lipinski definition) is 0. The number of carbonyl (C=O) groups is 1. The summed E-state index contributed by atoms with van der Waals surface area (Å²) in [7, 11) is 1.57. The Labute approximate surface area is 208 Å². The first kappa shape index (κ1) is 23.4.